The number of aliphatic hydroxyl groups excluding tert-OH is 1. The van der Waals surface area contributed by atoms with Gasteiger partial charge in [-0.25, -0.2) is 0 Å². The smallest absolute Gasteiger partial charge is 0.219 e. The van der Waals surface area contributed by atoms with Gasteiger partial charge in [-0.05, 0) is 66.6 Å². The number of methoxy groups -OCH3 is 1. The molecule has 6 heteroatoms. The summed E-state index contributed by atoms with van der Waals surface area (Å²) >= 11 is 6.56. The van der Waals surface area contributed by atoms with Gasteiger partial charge in [0.2, 0.25) is 5.79 Å². The number of aliphatic hydroxyl groups is 1. The van der Waals surface area contributed by atoms with Gasteiger partial charge in [-0.3, -0.25) is 0 Å². The first-order valence-electron chi connectivity index (χ1n) is 12.1. The minimum atomic E-state index is -1.25. The summed E-state index contributed by atoms with van der Waals surface area (Å²) in [6, 6.07) is 23.9. The van der Waals surface area contributed by atoms with Crippen LogP contribution in [0.25, 0.3) is 0 Å². The highest BCUT2D eigenvalue weighted by Gasteiger charge is 2.46. The highest BCUT2D eigenvalue weighted by Crippen LogP contribution is 2.40. The molecule has 3 aromatic carbocycles. The van der Waals surface area contributed by atoms with Crippen LogP contribution >= 0.6 is 11.6 Å². The monoisotopic (exact) mass is 496 g/mol. The Balaban J connectivity index is 1.52. The lowest BCUT2D eigenvalue weighted by Crippen LogP contribution is -2.54. The van der Waals surface area contributed by atoms with Crippen molar-refractivity contribution >= 4 is 11.6 Å². The summed E-state index contributed by atoms with van der Waals surface area (Å²) in [6.45, 7) is 3.06. The van der Waals surface area contributed by atoms with Gasteiger partial charge in [0, 0.05) is 12.1 Å². The van der Waals surface area contributed by atoms with Crippen LogP contribution in [0.5, 0.6) is 5.75 Å². The number of benzene rings is 3. The third kappa shape index (κ3) is 6.43. The molecule has 0 aliphatic carbocycles. The summed E-state index contributed by atoms with van der Waals surface area (Å²) in [4.78, 5) is 0. The van der Waals surface area contributed by atoms with E-state index in [1.165, 1.54) is 0 Å². The minimum Gasteiger partial charge on any atom is -0.494 e. The van der Waals surface area contributed by atoms with E-state index in [9.17, 15) is 5.11 Å². The standard InChI is InChI=1S/C29H33ClO5/c1-3-33-25-12-9-21(10-13-25)17-24-18-23(11-14-26(24)30)27-15-16-28(31)29(35-27,20-32-2)34-19-22-7-5-4-6-8-22/h4-14,18,27-28,31H,3,15-17,19-20H2,1-2H3. The molecule has 1 aliphatic heterocycles. The first-order chi connectivity index (χ1) is 17.0. The summed E-state index contributed by atoms with van der Waals surface area (Å²) in [6.07, 6.45) is 0.867. The maximum absolute atomic E-state index is 10.9. The molecular formula is C29H33ClO5. The van der Waals surface area contributed by atoms with Crippen molar-refractivity contribution in [3.05, 3.63) is 100 Å². The Morgan fingerprint density at radius 1 is 1.00 bits per heavy atom. The second-order valence-electron chi connectivity index (χ2n) is 8.82. The van der Waals surface area contributed by atoms with Gasteiger partial charge < -0.3 is 24.1 Å². The van der Waals surface area contributed by atoms with E-state index < -0.39 is 11.9 Å². The van der Waals surface area contributed by atoms with Gasteiger partial charge in [0.25, 0.3) is 0 Å². The zero-order valence-corrected chi connectivity index (χ0v) is 21.0. The normalized spacial score (nSPS) is 22.2. The average molecular weight is 497 g/mol. The van der Waals surface area contributed by atoms with Crippen molar-refractivity contribution in [2.24, 2.45) is 0 Å². The lowest BCUT2D eigenvalue weighted by molar-refractivity contribution is -0.341. The molecule has 5 nitrogen and oxygen atoms in total. The Morgan fingerprint density at radius 2 is 1.77 bits per heavy atom. The molecule has 1 heterocycles. The van der Waals surface area contributed by atoms with Crippen molar-refractivity contribution < 1.29 is 24.1 Å². The van der Waals surface area contributed by atoms with Crippen LogP contribution in [0, 0.1) is 0 Å². The van der Waals surface area contributed by atoms with Gasteiger partial charge in [-0.1, -0.05) is 66.2 Å². The van der Waals surface area contributed by atoms with Gasteiger partial charge in [-0.2, -0.15) is 0 Å². The van der Waals surface area contributed by atoms with Gasteiger partial charge in [0.05, 0.1) is 19.3 Å². The van der Waals surface area contributed by atoms with Crippen LogP contribution in [0.15, 0.2) is 72.8 Å². The van der Waals surface area contributed by atoms with Crippen LogP contribution in [-0.2, 0) is 27.2 Å². The predicted molar refractivity (Wildman–Crippen MR) is 137 cm³/mol. The molecule has 1 N–H and O–H groups in total. The Bertz CT molecular complexity index is 1070. The van der Waals surface area contributed by atoms with E-state index in [1.807, 2.05) is 61.5 Å². The third-order valence-corrected chi connectivity index (χ3v) is 6.66. The number of ether oxygens (including phenoxy) is 4. The molecule has 0 saturated carbocycles. The zero-order valence-electron chi connectivity index (χ0n) is 20.3. The maximum Gasteiger partial charge on any atom is 0.219 e. The highest BCUT2D eigenvalue weighted by atomic mass is 35.5. The molecule has 0 spiro atoms. The zero-order chi connectivity index (χ0) is 24.7. The van der Waals surface area contributed by atoms with E-state index in [4.69, 9.17) is 30.5 Å². The molecule has 35 heavy (non-hydrogen) atoms. The van der Waals surface area contributed by atoms with Crippen LogP contribution < -0.4 is 4.74 Å². The van der Waals surface area contributed by atoms with Crippen molar-refractivity contribution in [1.82, 2.24) is 0 Å². The van der Waals surface area contributed by atoms with Crippen molar-refractivity contribution in [1.29, 1.82) is 0 Å². The number of hydrogen-bond donors (Lipinski definition) is 1. The molecule has 3 atom stereocenters. The molecule has 0 radical (unpaired) electrons. The molecular weight excluding hydrogens is 464 g/mol. The van der Waals surface area contributed by atoms with Crippen LogP contribution in [0.1, 0.15) is 48.1 Å². The fraction of sp³-hybridized carbons (Fsp3) is 0.379. The Morgan fingerprint density at radius 3 is 2.49 bits per heavy atom. The minimum absolute atomic E-state index is 0.129. The summed E-state index contributed by atoms with van der Waals surface area (Å²) in [5.41, 5.74) is 4.18. The Hall–Kier alpha value is -2.41. The molecule has 3 unspecified atom stereocenters. The van der Waals surface area contributed by atoms with Gasteiger partial charge in [-0.15, -0.1) is 0 Å². The van der Waals surface area contributed by atoms with Gasteiger partial charge in [0.1, 0.15) is 18.5 Å². The van der Waals surface area contributed by atoms with Crippen molar-refractivity contribution in [3.8, 4) is 5.75 Å². The van der Waals surface area contributed by atoms with Crippen LogP contribution in [0.3, 0.4) is 0 Å². The van der Waals surface area contributed by atoms with Gasteiger partial charge in [0.15, 0.2) is 0 Å². The molecule has 1 fully saturated rings. The first kappa shape index (κ1) is 25.7. The van der Waals surface area contributed by atoms with Crippen molar-refractivity contribution in [2.75, 3.05) is 20.3 Å². The molecule has 3 aromatic rings. The fourth-order valence-electron chi connectivity index (χ4n) is 4.45. The lowest BCUT2D eigenvalue weighted by Gasteiger charge is -2.44. The second kappa shape index (κ2) is 12.0. The quantitative estimate of drug-likeness (QED) is 0.367. The predicted octanol–water partition coefficient (Wildman–Crippen LogP) is 6.10. The third-order valence-electron chi connectivity index (χ3n) is 6.29. The molecule has 1 saturated heterocycles. The number of halogens is 1. The molecule has 4 rings (SSSR count). The van der Waals surface area contributed by atoms with E-state index in [-0.39, 0.29) is 12.7 Å². The van der Waals surface area contributed by atoms with E-state index in [0.717, 1.165) is 28.0 Å². The maximum atomic E-state index is 10.9. The SMILES string of the molecule is CCOc1ccc(Cc2cc(C3CCC(O)C(COC)(OCc4ccccc4)O3)ccc2Cl)cc1. The van der Waals surface area contributed by atoms with Crippen molar-refractivity contribution in [2.45, 2.75) is 50.8 Å². The summed E-state index contributed by atoms with van der Waals surface area (Å²) in [5, 5.41) is 11.6. The molecule has 1 aliphatic rings. The second-order valence-corrected chi connectivity index (χ2v) is 9.23. The van der Waals surface area contributed by atoms with E-state index in [1.54, 1.807) is 7.11 Å². The molecule has 0 amide bonds. The topological polar surface area (TPSA) is 57.2 Å². The van der Waals surface area contributed by atoms with E-state index in [0.29, 0.717) is 37.5 Å². The molecule has 186 valence electrons. The van der Waals surface area contributed by atoms with E-state index >= 15 is 0 Å². The summed E-state index contributed by atoms with van der Waals surface area (Å²) < 4.78 is 23.7. The first-order valence-corrected chi connectivity index (χ1v) is 12.4. The summed E-state index contributed by atoms with van der Waals surface area (Å²) in [5.74, 6) is -0.391. The Kier molecular flexibility index (Phi) is 8.82. The lowest BCUT2D eigenvalue weighted by atomic mass is 9.92. The largest absolute Gasteiger partial charge is 0.494 e. The van der Waals surface area contributed by atoms with Gasteiger partial charge >= 0.3 is 0 Å². The average Bonchev–Trinajstić information content (AvgIpc) is 2.88. The molecule has 0 aromatic heterocycles. The number of rotatable bonds is 10. The van der Waals surface area contributed by atoms with Crippen molar-refractivity contribution in [3.63, 3.8) is 0 Å². The Labute approximate surface area is 212 Å². The number of hydrogen-bond acceptors (Lipinski definition) is 5. The van der Waals surface area contributed by atoms with Crippen LogP contribution in [0.2, 0.25) is 5.02 Å². The van der Waals surface area contributed by atoms with Crippen LogP contribution in [0.4, 0.5) is 0 Å². The fourth-order valence-corrected chi connectivity index (χ4v) is 4.63. The highest BCUT2D eigenvalue weighted by molar-refractivity contribution is 6.31. The van der Waals surface area contributed by atoms with E-state index in [2.05, 4.69) is 18.2 Å². The summed E-state index contributed by atoms with van der Waals surface area (Å²) in [7, 11) is 1.59. The van der Waals surface area contributed by atoms with Crippen LogP contribution in [-0.4, -0.2) is 37.3 Å². The molecule has 0 bridgehead atoms.